The van der Waals surface area contributed by atoms with Crippen LogP contribution in [0.2, 0.25) is 0 Å². The van der Waals surface area contributed by atoms with E-state index in [1.807, 2.05) is 0 Å². The Morgan fingerprint density at radius 3 is 2.64 bits per heavy atom. The lowest BCUT2D eigenvalue weighted by atomic mass is 9.65. The van der Waals surface area contributed by atoms with Crippen LogP contribution in [0.3, 0.4) is 0 Å². The second kappa shape index (κ2) is 4.60. The Morgan fingerprint density at radius 2 is 2.00 bits per heavy atom. The Kier molecular flexibility index (Phi) is 3.27. The number of carbonyl (C=O) groups is 2. The SMILES string of the molecule is O=C1OC2CC3CC1CC(OC(=O)C(F)(F)S(=O)(=O)[O-])(C3)C2. The van der Waals surface area contributed by atoms with Gasteiger partial charge in [-0.1, -0.05) is 0 Å². The average molecular weight is 339 g/mol. The number of hydrogen-bond donors (Lipinski definition) is 0. The van der Waals surface area contributed by atoms with Crippen LogP contribution in [0.5, 0.6) is 0 Å². The highest BCUT2D eigenvalue weighted by atomic mass is 32.2. The fourth-order valence-corrected chi connectivity index (χ4v) is 4.10. The minimum atomic E-state index is -6.16. The van der Waals surface area contributed by atoms with Gasteiger partial charge in [-0.2, -0.15) is 8.78 Å². The number of carbonyl (C=O) groups excluding carboxylic acids is 2. The molecule has 2 saturated heterocycles. The van der Waals surface area contributed by atoms with Crippen molar-refractivity contribution in [2.24, 2.45) is 11.8 Å². The predicted molar refractivity (Wildman–Crippen MR) is 63.4 cm³/mol. The van der Waals surface area contributed by atoms with E-state index in [2.05, 4.69) is 0 Å². The van der Waals surface area contributed by atoms with Gasteiger partial charge in [0.15, 0.2) is 10.1 Å². The topological polar surface area (TPSA) is 110 Å². The Balaban J connectivity index is 1.86. The highest BCUT2D eigenvalue weighted by Gasteiger charge is 2.58. The number of rotatable bonds is 3. The maximum Gasteiger partial charge on any atom is 0.428 e. The van der Waals surface area contributed by atoms with Gasteiger partial charge in [-0.3, -0.25) is 4.79 Å². The van der Waals surface area contributed by atoms with Crippen molar-refractivity contribution in [2.45, 2.75) is 49.1 Å². The van der Waals surface area contributed by atoms with Gasteiger partial charge in [0.25, 0.3) is 0 Å². The molecule has 0 spiro atoms. The van der Waals surface area contributed by atoms with Crippen LogP contribution in [0.25, 0.3) is 0 Å². The van der Waals surface area contributed by atoms with Gasteiger partial charge in [0.05, 0.1) is 5.92 Å². The summed E-state index contributed by atoms with van der Waals surface area (Å²) in [4.78, 5) is 23.3. The molecule has 2 heterocycles. The number of esters is 2. The van der Waals surface area contributed by atoms with Crippen molar-refractivity contribution in [3.8, 4) is 0 Å². The summed E-state index contributed by atoms with van der Waals surface area (Å²) in [6, 6.07) is 0. The van der Waals surface area contributed by atoms with Gasteiger partial charge in [0.1, 0.15) is 11.7 Å². The quantitative estimate of drug-likeness (QED) is 0.545. The Bertz CT molecular complexity index is 631. The molecular formula is C12H13F2O7S-. The number of fused-ring (bicyclic) bond motifs is 1. The largest absolute Gasteiger partial charge is 0.743 e. The van der Waals surface area contributed by atoms with Gasteiger partial charge in [-0.15, -0.1) is 0 Å². The maximum absolute atomic E-state index is 13.3. The fraction of sp³-hybridized carbons (Fsp3) is 0.833. The van der Waals surface area contributed by atoms with Gasteiger partial charge in [-0.05, 0) is 25.2 Å². The van der Waals surface area contributed by atoms with Crippen molar-refractivity contribution >= 4 is 22.1 Å². The second-order valence-electron chi connectivity index (χ2n) is 6.25. The van der Waals surface area contributed by atoms with Crippen molar-refractivity contribution in [1.82, 2.24) is 0 Å². The summed E-state index contributed by atoms with van der Waals surface area (Å²) < 4.78 is 68.1. The lowest BCUT2D eigenvalue weighted by molar-refractivity contribution is -0.190. The molecule has 4 fully saturated rings. The highest BCUT2D eigenvalue weighted by molar-refractivity contribution is 7.87. The number of halogens is 2. The van der Waals surface area contributed by atoms with Crippen molar-refractivity contribution in [2.75, 3.05) is 0 Å². The molecule has 4 rings (SSSR count). The molecule has 4 atom stereocenters. The zero-order valence-electron chi connectivity index (χ0n) is 11.3. The summed E-state index contributed by atoms with van der Waals surface area (Å²) in [7, 11) is -6.16. The molecule has 0 aromatic carbocycles. The van der Waals surface area contributed by atoms with E-state index >= 15 is 0 Å². The van der Waals surface area contributed by atoms with Crippen LogP contribution >= 0.6 is 0 Å². The number of hydrogen-bond acceptors (Lipinski definition) is 7. The molecule has 2 saturated carbocycles. The standard InChI is InChI=1S/C12H14F2O7S/c13-12(14,22(17,18)19)10(16)21-11-3-6-1-7(4-11)9(15)20-8(2-6)5-11/h6-8H,1-5H2,(H,17,18,19)/p-1. The monoisotopic (exact) mass is 339 g/mol. The molecule has 0 N–H and O–H groups in total. The van der Waals surface area contributed by atoms with Gasteiger partial charge < -0.3 is 14.0 Å². The molecule has 0 radical (unpaired) electrons. The molecule has 10 heteroatoms. The van der Waals surface area contributed by atoms with Gasteiger partial charge in [0, 0.05) is 12.8 Å². The molecule has 4 bridgehead atoms. The highest BCUT2D eigenvalue weighted by Crippen LogP contribution is 2.51. The third kappa shape index (κ3) is 2.37. The van der Waals surface area contributed by atoms with Crippen LogP contribution in [0.15, 0.2) is 0 Å². The smallest absolute Gasteiger partial charge is 0.428 e. The zero-order chi connectivity index (χ0) is 16.3. The first-order valence-electron chi connectivity index (χ1n) is 6.80. The molecule has 4 unspecified atom stereocenters. The third-order valence-corrected chi connectivity index (χ3v) is 5.36. The lowest BCUT2D eigenvalue weighted by Crippen LogP contribution is -2.51. The van der Waals surface area contributed by atoms with Crippen LogP contribution < -0.4 is 0 Å². The third-order valence-electron chi connectivity index (χ3n) is 4.57. The van der Waals surface area contributed by atoms with Crippen LogP contribution in [0, 0.1) is 11.8 Å². The van der Waals surface area contributed by atoms with E-state index in [0.717, 1.165) is 0 Å². The lowest BCUT2D eigenvalue weighted by Gasteiger charge is -2.45. The summed E-state index contributed by atoms with van der Waals surface area (Å²) in [6.07, 6.45) is 0.885. The summed E-state index contributed by atoms with van der Waals surface area (Å²) in [6.45, 7) is 0. The first-order valence-corrected chi connectivity index (χ1v) is 8.20. The van der Waals surface area contributed by atoms with Crippen molar-refractivity contribution in [1.29, 1.82) is 0 Å². The molecule has 7 nitrogen and oxygen atoms in total. The molecule has 4 aliphatic rings. The summed E-state index contributed by atoms with van der Waals surface area (Å²) in [5.74, 6) is -3.41. The minimum Gasteiger partial charge on any atom is -0.743 e. The van der Waals surface area contributed by atoms with Crippen molar-refractivity contribution in [3.05, 3.63) is 0 Å². The van der Waals surface area contributed by atoms with E-state index in [0.29, 0.717) is 12.8 Å². The van der Waals surface area contributed by atoms with E-state index < -0.39 is 44.9 Å². The van der Waals surface area contributed by atoms with Gasteiger partial charge in [0.2, 0.25) is 0 Å². The molecule has 0 amide bonds. The predicted octanol–water partition coefficient (Wildman–Crippen LogP) is 0.542. The van der Waals surface area contributed by atoms with Gasteiger partial charge >= 0.3 is 17.2 Å². The van der Waals surface area contributed by atoms with Crippen molar-refractivity contribution in [3.63, 3.8) is 0 Å². The van der Waals surface area contributed by atoms with E-state index in [4.69, 9.17) is 9.47 Å². The van der Waals surface area contributed by atoms with E-state index in [1.54, 1.807) is 0 Å². The van der Waals surface area contributed by atoms with E-state index in [9.17, 15) is 31.3 Å². The van der Waals surface area contributed by atoms with E-state index in [-0.39, 0.29) is 25.2 Å². The Labute approximate surface area is 124 Å². The first-order chi connectivity index (χ1) is 10.0. The van der Waals surface area contributed by atoms with E-state index in [1.165, 1.54) is 0 Å². The molecule has 2 aliphatic carbocycles. The fourth-order valence-electron chi connectivity index (χ4n) is 3.86. The van der Waals surface area contributed by atoms with Crippen LogP contribution in [-0.2, 0) is 29.2 Å². The molecule has 0 aromatic rings. The van der Waals surface area contributed by atoms with Crippen LogP contribution in [0.1, 0.15) is 32.1 Å². The summed E-state index contributed by atoms with van der Waals surface area (Å²) in [5, 5.41) is -5.14. The Morgan fingerprint density at radius 1 is 1.32 bits per heavy atom. The minimum absolute atomic E-state index is 0.0135. The summed E-state index contributed by atoms with van der Waals surface area (Å²) >= 11 is 0. The van der Waals surface area contributed by atoms with Crippen LogP contribution in [-0.4, -0.2) is 41.9 Å². The summed E-state index contributed by atoms with van der Waals surface area (Å²) in [5.41, 5.74) is -1.37. The molecular weight excluding hydrogens is 326 g/mol. The average Bonchev–Trinajstić information content (AvgIpc) is 2.50. The van der Waals surface area contributed by atoms with Gasteiger partial charge in [-0.25, -0.2) is 13.2 Å². The second-order valence-corrected chi connectivity index (χ2v) is 7.67. The molecule has 2 aliphatic heterocycles. The molecule has 124 valence electrons. The number of alkyl halides is 2. The normalized spacial score (nSPS) is 37.6. The molecule has 22 heavy (non-hydrogen) atoms. The maximum atomic E-state index is 13.3. The van der Waals surface area contributed by atoms with Crippen LogP contribution in [0.4, 0.5) is 8.78 Å². The molecule has 0 aromatic heterocycles. The first kappa shape index (κ1) is 15.6. The number of ether oxygens (including phenoxy) is 2. The Hall–Kier alpha value is -1.29. The zero-order valence-corrected chi connectivity index (χ0v) is 12.1. The van der Waals surface area contributed by atoms with Crippen molar-refractivity contribution < 1.29 is 40.8 Å².